The summed E-state index contributed by atoms with van der Waals surface area (Å²) in [4.78, 5) is 12.1. The topological polar surface area (TPSA) is 64.9 Å². The maximum atomic E-state index is 12.7. The number of nitrogens with zero attached hydrogens (tertiary/aromatic N) is 1. The lowest BCUT2D eigenvalue weighted by Gasteiger charge is -2.09. The Morgan fingerprint density at radius 1 is 1.19 bits per heavy atom. The monoisotopic (exact) mass is 379 g/mol. The number of hydrogen-bond donors (Lipinski definition) is 2. The van der Waals surface area contributed by atoms with Crippen molar-refractivity contribution in [3.8, 4) is 6.07 Å². The molecule has 0 aromatic heterocycles. The van der Waals surface area contributed by atoms with Gasteiger partial charge in [-0.25, -0.2) is 0 Å². The second-order valence-corrected chi connectivity index (χ2v) is 5.65. The first kappa shape index (κ1) is 19.3. The third-order valence-corrected chi connectivity index (χ3v) is 3.49. The van der Waals surface area contributed by atoms with Crippen LogP contribution in [0, 0.1) is 11.3 Å². The van der Waals surface area contributed by atoms with E-state index in [1.165, 1.54) is 18.3 Å². The Bertz CT molecular complexity index is 872. The first-order valence-corrected chi connectivity index (χ1v) is 7.74. The molecular weight excluding hydrogens is 367 g/mol. The molecule has 0 unspecified atom stereocenters. The molecule has 2 aromatic rings. The number of alkyl halides is 3. The minimum Gasteiger partial charge on any atom is -0.386 e. The van der Waals surface area contributed by atoms with Crippen LogP contribution in [-0.4, -0.2) is 5.91 Å². The molecule has 0 fully saturated rings. The van der Waals surface area contributed by atoms with Crippen LogP contribution in [0.25, 0.3) is 0 Å². The Kier molecular flexibility index (Phi) is 6.26. The molecule has 0 radical (unpaired) electrons. The SMILES string of the molecule is N#C/C(=C/NCc1cccc(Cl)c1)C(=O)Nc1cccc(C(F)(F)F)c1. The summed E-state index contributed by atoms with van der Waals surface area (Å²) in [6.07, 6.45) is -3.32. The molecule has 0 aliphatic rings. The average Bonchev–Trinajstić information content (AvgIpc) is 2.58. The number of anilines is 1. The predicted octanol–water partition coefficient (Wildman–Crippen LogP) is 4.49. The largest absolute Gasteiger partial charge is 0.416 e. The highest BCUT2D eigenvalue weighted by Gasteiger charge is 2.30. The molecular formula is C18H13ClF3N3O. The molecule has 0 atom stereocenters. The van der Waals surface area contributed by atoms with E-state index in [0.717, 1.165) is 17.7 Å². The van der Waals surface area contributed by atoms with Gasteiger partial charge < -0.3 is 10.6 Å². The highest BCUT2D eigenvalue weighted by atomic mass is 35.5. The van der Waals surface area contributed by atoms with Crippen molar-refractivity contribution in [1.82, 2.24) is 5.32 Å². The number of hydrogen-bond acceptors (Lipinski definition) is 3. The van der Waals surface area contributed by atoms with Crippen LogP contribution in [0.5, 0.6) is 0 Å². The quantitative estimate of drug-likeness (QED) is 0.594. The van der Waals surface area contributed by atoms with Crippen LogP contribution in [0.2, 0.25) is 5.02 Å². The van der Waals surface area contributed by atoms with Gasteiger partial charge in [-0.3, -0.25) is 4.79 Å². The van der Waals surface area contributed by atoms with Gasteiger partial charge in [0.15, 0.2) is 0 Å². The van der Waals surface area contributed by atoms with Gasteiger partial charge in [0.2, 0.25) is 0 Å². The molecule has 0 bridgehead atoms. The molecule has 2 N–H and O–H groups in total. The van der Waals surface area contributed by atoms with E-state index in [1.807, 2.05) is 6.07 Å². The summed E-state index contributed by atoms with van der Waals surface area (Å²) in [6, 6.07) is 12.9. The maximum Gasteiger partial charge on any atom is 0.416 e. The minimum absolute atomic E-state index is 0.0548. The fourth-order valence-electron chi connectivity index (χ4n) is 2.04. The number of nitriles is 1. The Morgan fingerprint density at radius 3 is 2.58 bits per heavy atom. The molecule has 1 amide bonds. The first-order valence-electron chi connectivity index (χ1n) is 7.36. The lowest BCUT2D eigenvalue weighted by Crippen LogP contribution is -2.17. The number of rotatable bonds is 5. The third-order valence-electron chi connectivity index (χ3n) is 3.25. The molecule has 0 saturated carbocycles. The van der Waals surface area contributed by atoms with Gasteiger partial charge in [0.25, 0.3) is 5.91 Å². The van der Waals surface area contributed by atoms with Gasteiger partial charge in [0.1, 0.15) is 11.6 Å². The molecule has 0 aliphatic carbocycles. The van der Waals surface area contributed by atoms with Gasteiger partial charge in [0.05, 0.1) is 5.56 Å². The zero-order valence-electron chi connectivity index (χ0n) is 13.3. The smallest absolute Gasteiger partial charge is 0.386 e. The predicted molar refractivity (Wildman–Crippen MR) is 92.1 cm³/mol. The van der Waals surface area contributed by atoms with Gasteiger partial charge in [0, 0.05) is 23.5 Å². The molecule has 8 heteroatoms. The van der Waals surface area contributed by atoms with Crippen molar-refractivity contribution < 1.29 is 18.0 Å². The van der Waals surface area contributed by atoms with Gasteiger partial charge in [-0.05, 0) is 35.9 Å². The van der Waals surface area contributed by atoms with Gasteiger partial charge in [-0.15, -0.1) is 0 Å². The molecule has 4 nitrogen and oxygen atoms in total. The number of carbonyl (C=O) groups excluding carboxylic acids is 1. The van der Waals surface area contributed by atoms with Crippen LogP contribution in [0.4, 0.5) is 18.9 Å². The zero-order valence-corrected chi connectivity index (χ0v) is 14.0. The van der Waals surface area contributed by atoms with E-state index in [9.17, 15) is 18.0 Å². The zero-order chi connectivity index (χ0) is 19.2. The summed E-state index contributed by atoms with van der Waals surface area (Å²) in [5, 5.41) is 14.7. The molecule has 0 heterocycles. The lowest BCUT2D eigenvalue weighted by molar-refractivity contribution is -0.137. The highest BCUT2D eigenvalue weighted by Crippen LogP contribution is 2.30. The molecule has 2 rings (SSSR count). The number of nitrogens with one attached hydrogen (secondary N) is 2. The van der Waals surface area contributed by atoms with Crippen LogP contribution in [0.15, 0.2) is 60.3 Å². The van der Waals surface area contributed by atoms with E-state index in [4.69, 9.17) is 16.9 Å². The molecule has 0 aliphatic heterocycles. The molecule has 26 heavy (non-hydrogen) atoms. The average molecular weight is 380 g/mol. The second-order valence-electron chi connectivity index (χ2n) is 5.21. The highest BCUT2D eigenvalue weighted by molar-refractivity contribution is 6.30. The summed E-state index contributed by atoms with van der Waals surface area (Å²) >= 11 is 5.86. The van der Waals surface area contributed by atoms with Crippen molar-refractivity contribution in [2.45, 2.75) is 12.7 Å². The van der Waals surface area contributed by atoms with E-state index >= 15 is 0 Å². The van der Waals surface area contributed by atoms with Crippen molar-refractivity contribution >= 4 is 23.2 Å². The van der Waals surface area contributed by atoms with Crippen molar-refractivity contribution in [3.05, 3.63) is 76.5 Å². The van der Waals surface area contributed by atoms with Crippen molar-refractivity contribution in [2.75, 3.05) is 5.32 Å². The Balaban J connectivity index is 2.03. The standard InChI is InChI=1S/C18H13ClF3N3O/c19-15-5-1-3-12(7-15)10-24-11-13(9-23)17(26)25-16-6-2-4-14(8-16)18(20,21)22/h1-8,11,24H,10H2,(H,25,26)/b13-11-. The van der Waals surface area contributed by atoms with Crippen LogP contribution < -0.4 is 10.6 Å². The van der Waals surface area contributed by atoms with Crippen LogP contribution >= 0.6 is 11.6 Å². The van der Waals surface area contributed by atoms with E-state index in [-0.39, 0.29) is 11.3 Å². The van der Waals surface area contributed by atoms with E-state index in [1.54, 1.807) is 24.3 Å². The second kappa shape index (κ2) is 8.41. The molecule has 0 spiro atoms. The fourth-order valence-corrected chi connectivity index (χ4v) is 2.25. The van der Waals surface area contributed by atoms with Crippen molar-refractivity contribution in [2.24, 2.45) is 0 Å². The Hall–Kier alpha value is -2.98. The van der Waals surface area contributed by atoms with Gasteiger partial charge in [-0.1, -0.05) is 29.8 Å². The third kappa shape index (κ3) is 5.53. The summed E-state index contributed by atoms with van der Waals surface area (Å²) in [5.41, 5.74) is -0.383. The van der Waals surface area contributed by atoms with E-state index in [0.29, 0.717) is 11.6 Å². The molecule has 0 saturated heterocycles. The summed E-state index contributed by atoms with van der Waals surface area (Å²) in [5.74, 6) is -0.814. The minimum atomic E-state index is -4.52. The lowest BCUT2D eigenvalue weighted by atomic mass is 10.2. The summed E-state index contributed by atoms with van der Waals surface area (Å²) in [7, 11) is 0. The van der Waals surface area contributed by atoms with Crippen LogP contribution in [-0.2, 0) is 17.5 Å². The number of carbonyl (C=O) groups is 1. The molecule has 134 valence electrons. The number of halogens is 4. The van der Waals surface area contributed by atoms with E-state index < -0.39 is 17.6 Å². The molecule has 2 aromatic carbocycles. The number of amides is 1. The van der Waals surface area contributed by atoms with E-state index in [2.05, 4.69) is 10.6 Å². The Morgan fingerprint density at radius 2 is 1.92 bits per heavy atom. The first-order chi connectivity index (χ1) is 12.3. The normalized spacial score (nSPS) is 11.6. The van der Waals surface area contributed by atoms with Crippen LogP contribution in [0.1, 0.15) is 11.1 Å². The van der Waals surface area contributed by atoms with Gasteiger partial charge >= 0.3 is 6.18 Å². The van der Waals surface area contributed by atoms with Gasteiger partial charge in [-0.2, -0.15) is 18.4 Å². The number of benzene rings is 2. The maximum absolute atomic E-state index is 12.7. The fraction of sp³-hybridized carbons (Fsp3) is 0.111. The summed E-state index contributed by atoms with van der Waals surface area (Å²) < 4.78 is 38.1. The van der Waals surface area contributed by atoms with Crippen LogP contribution in [0.3, 0.4) is 0 Å². The van der Waals surface area contributed by atoms with Crippen molar-refractivity contribution in [3.63, 3.8) is 0 Å². The van der Waals surface area contributed by atoms with Crippen molar-refractivity contribution in [1.29, 1.82) is 5.26 Å². The Labute approximate surface area is 152 Å². The summed E-state index contributed by atoms with van der Waals surface area (Å²) in [6.45, 7) is 0.322.